The first-order valence-electron chi connectivity index (χ1n) is 9.79. The van der Waals surface area contributed by atoms with E-state index >= 15 is 0 Å². The Morgan fingerprint density at radius 3 is 2.42 bits per heavy atom. The maximum atomic E-state index is 9.67. The molecule has 0 saturated carbocycles. The largest absolute Gasteiger partial charge is 0.508 e. The molecule has 0 unspecified atom stereocenters. The van der Waals surface area contributed by atoms with E-state index in [4.69, 9.17) is 0 Å². The van der Waals surface area contributed by atoms with Gasteiger partial charge in [0.2, 0.25) is 0 Å². The first-order valence-corrected chi connectivity index (χ1v) is 9.79. The Morgan fingerprint density at radius 1 is 0.846 bits per heavy atom. The molecule has 0 aromatic heterocycles. The van der Waals surface area contributed by atoms with Crippen LogP contribution < -0.4 is 4.90 Å². The van der Waals surface area contributed by atoms with Crippen molar-refractivity contribution in [2.45, 2.75) is 13.0 Å². The van der Waals surface area contributed by atoms with E-state index in [2.05, 4.69) is 51.1 Å². The summed E-state index contributed by atoms with van der Waals surface area (Å²) in [6.07, 6.45) is 1.32. The zero-order chi connectivity index (χ0) is 17.8. The van der Waals surface area contributed by atoms with Gasteiger partial charge in [-0.15, -0.1) is 0 Å². The molecule has 4 rings (SSSR count). The van der Waals surface area contributed by atoms with Crippen molar-refractivity contribution in [3.05, 3.63) is 60.2 Å². The number of benzene rings is 2. The van der Waals surface area contributed by atoms with E-state index in [0.29, 0.717) is 5.75 Å². The van der Waals surface area contributed by atoms with Crippen LogP contribution in [0.5, 0.6) is 5.75 Å². The number of phenols is 1. The van der Waals surface area contributed by atoms with E-state index < -0.39 is 0 Å². The van der Waals surface area contributed by atoms with E-state index in [0.717, 1.165) is 44.3 Å². The molecule has 0 bridgehead atoms. The van der Waals surface area contributed by atoms with Crippen molar-refractivity contribution < 1.29 is 5.11 Å². The number of likely N-dealkylation sites (tertiary alicyclic amines) is 1. The Balaban J connectivity index is 1.22. The van der Waals surface area contributed by atoms with Gasteiger partial charge < -0.3 is 10.0 Å². The molecule has 1 N–H and O–H groups in total. The van der Waals surface area contributed by atoms with Crippen molar-refractivity contribution >= 4 is 5.69 Å². The summed E-state index contributed by atoms with van der Waals surface area (Å²) in [4.78, 5) is 7.60. The molecule has 2 aliphatic rings. The van der Waals surface area contributed by atoms with Crippen molar-refractivity contribution in [2.75, 3.05) is 50.7 Å². The molecule has 0 spiro atoms. The summed E-state index contributed by atoms with van der Waals surface area (Å²) in [5.41, 5.74) is 2.56. The van der Waals surface area contributed by atoms with Gasteiger partial charge in [0.1, 0.15) is 5.75 Å². The van der Waals surface area contributed by atoms with E-state index in [1.165, 1.54) is 31.6 Å². The molecule has 2 aromatic rings. The van der Waals surface area contributed by atoms with Gasteiger partial charge in [-0.2, -0.15) is 0 Å². The van der Waals surface area contributed by atoms with Gasteiger partial charge in [-0.05, 0) is 36.6 Å². The van der Waals surface area contributed by atoms with Crippen molar-refractivity contribution in [3.63, 3.8) is 0 Å². The molecule has 2 saturated heterocycles. The summed E-state index contributed by atoms with van der Waals surface area (Å²) in [6.45, 7) is 9.08. The van der Waals surface area contributed by atoms with Gasteiger partial charge in [0.15, 0.2) is 0 Å². The summed E-state index contributed by atoms with van der Waals surface area (Å²) in [6, 6.07) is 18.4. The second-order valence-corrected chi connectivity index (χ2v) is 7.68. The van der Waals surface area contributed by atoms with Crippen LogP contribution in [0.1, 0.15) is 12.0 Å². The molecule has 2 aliphatic heterocycles. The third-order valence-corrected chi connectivity index (χ3v) is 5.70. The van der Waals surface area contributed by atoms with Gasteiger partial charge in [0.05, 0.1) is 0 Å². The van der Waals surface area contributed by atoms with Gasteiger partial charge in [-0.1, -0.05) is 36.4 Å². The van der Waals surface area contributed by atoms with Crippen LogP contribution in [0.3, 0.4) is 0 Å². The second kappa shape index (κ2) is 8.11. The zero-order valence-corrected chi connectivity index (χ0v) is 15.4. The number of piperazine rings is 1. The lowest BCUT2D eigenvalue weighted by Crippen LogP contribution is -2.48. The smallest absolute Gasteiger partial charge is 0.117 e. The first kappa shape index (κ1) is 17.4. The molecule has 2 heterocycles. The quantitative estimate of drug-likeness (QED) is 0.897. The van der Waals surface area contributed by atoms with E-state index in [1.807, 2.05) is 12.1 Å². The molecule has 138 valence electrons. The van der Waals surface area contributed by atoms with Crippen molar-refractivity contribution in [3.8, 4) is 5.75 Å². The number of anilines is 1. The minimum Gasteiger partial charge on any atom is -0.508 e. The molecule has 0 aliphatic carbocycles. The molecule has 2 fully saturated rings. The number of hydrogen-bond donors (Lipinski definition) is 1. The standard InChI is InChI=1S/C22H29N3O/c26-22-8-4-7-21(15-22)25-13-11-23(12-14-25)17-20-9-10-24(18-20)16-19-5-2-1-3-6-19/h1-8,15,20,26H,9-14,16-18H2/t20-/m0/s1. The summed E-state index contributed by atoms with van der Waals surface area (Å²) in [7, 11) is 0. The molecule has 1 atom stereocenters. The number of nitrogens with zero attached hydrogens (tertiary/aromatic N) is 3. The summed E-state index contributed by atoms with van der Waals surface area (Å²) >= 11 is 0. The zero-order valence-electron chi connectivity index (χ0n) is 15.4. The van der Waals surface area contributed by atoms with Crippen LogP contribution in [-0.4, -0.2) is 60.7 Å². The molecule has 2 aromatic carbocycles. The fourth-order valence-electron chi connectivity index (χ4n) is 4.29. The minimum absolute atomic E-state index is 0.356. The van der Waals surface area contributed by atoms with Crippen LogP contribution >= 0.6 is 0 Å². The Hall–Kier alpha value is -2.04. The first-order chi connectivity index (χ1) is 12.8. The molecular formula is C22H29N3O. The maximum Gasteiger partial charge on any atom is 0.117 e. The lowest BCUT2D eigenvalue weighted by Gasteiger charge is -2.37. The maximum absolute atomic E-state index is 9.67. The van der Waals surface area contributed by atoms with E-state index in [9.17, 15) is 5.11 Å². The van der Waals surface area contributed by atoms with E-state index in [-0.39, 0.29) is 0 Å². The van der Waals surface area contributed by atoms with Crippen molar-refractivity contribution in [2.24, 2.45) is 5.92 Å². The van der Waals surface area contributed by atoms with Crippen LogP contribution in [0.2, 0.25) is 0 Å². The monoisotopic (exact) mass is 351 g/mol. The lowest BCUT2D eigenvalue weighted by molar-refractivity contribution is 0.214. The second-order valence-electron chi connectivity index (χ2n) is 7.68. The summed E-state index contributed by atoms with van der Waals surface area (Å²) in [5, 5.41) is 9.67. The molecule has 0 radical (unpaired) electrons. The number of hydrogen-bond acceptors (Lipinski definition) is 4. The van der Waals surface area contributed by atoms with E-state index in [1.54, 1.807) is 6.07 Å². The highest BCUT2D eigenvalue weighted by Crippen LogP contribution is 2.23. The van der Waals surface area contributed by atoms with Crippen molar-refractivity contribution in [1.29, 1.82) is 0 Å². The normalized spacial score (nSPS) is 22.0. The average Bonchev–Trinajstić information content (AvgIpc) is 3.10. The van der Waals surface area contributed by atoms with Gasteiger partial charge in [0, 0.05) is 57.6 Å². The van der Waals surface area contributed by atoms with Crippen molar-refractivity contribution in [1.82, 2.24) is 9.80 Å². The Bertz CT molecular complexity index is 698. The predicted octanol–water partition coefficient (Wildman–Crippen LogP) is 3.04. The number of rotatable bonds is 5. The third-order valence-electron chi connectivity index (χ3n) is 5.70. The molecule has 26 heavy (non-hydrogen) atoms. The van der Waals surface area contributed by atoms with Gasteiger partial charge >= 0.3 is 0 Å². The third kappa shape index (κ3) is 4.37. The van der Waals surface area contributed by atoms with Crippen LogP contribution in [0.15, 0.2) is 54.6 Å². The SMILES string of the molecule is Oc1cccc(N2CCN(C[C@@H]3CCN(Cc4ccccc4)C3)CC2)c1. The van der Waals surface area contributed by atoms with Gasteiger partial charge in [-0.3, -0.25) is 9.80 Å². The minimum atomic E-state index is 0.356. The Kier molecular flexibility index (Phi) is 5.42. The molecule has 0 amide bonds. The molecular weight excluding hydrogens is 322 g/mol. The van der Waals surface area contributed by atoms with Crippen LogP contribution in [0.4, 0.5) is 5.69 Å². The number of aromatic hydroxyl groups is 1. The highest BCUT2D eigenvalue weighted by atomic mass is 16.3. The summed E-state index contributed by atoms with van der Waals surface area (Å²) < 4.78 is 0. The Morgan fingerprint density at radius 2 is 1.65 bits per heavy atom. The Labute approximate surface area is 156 Å². The van der Waals surface area contributed by atoms with Gasteiger partial charge in [-0.25, -0.2) is 0 Å². The van der Waals surface area contributed by atoms with Crippen LogP contribution in [0, 0.1) is 5.92 Å². The van der Waals surface area contributed by atoms with Crippen LogP contribution in [-0.2, 0) is 6.54 Å². The van der Waals surface area contributed by atoms with Crippen LogP contribution in [0.25, 0.3) is 0 Å². The predicted molar refractivity (Wildman–Crippen MR) is 107 cm³/mol. The highest BCUT2D eigenvalue weighted by molar-refractivity contribution is 5.50. The summed E-state index contributed by atoms with van der Waals surface area (Å²) in [5.74, 6) is 1.15. The topological polar surface area (TPSA) is 30.0 Å². The lowest BCUT2D eigenvalue weighted by atomic mass is 10.1. The fourth-order valence-corrected chi connectivity index (χ4v) is 4.29. The number of phenolic OH excluding ortho intramolecular Hbond substituents is 1. The highest BCUT2D eigenvalue weighted by Gasteiger charge is 2.26. The fraction of sp³-hybridized carbons (Fsp3) is 0.455. The van der Waals surface area contributed by atoms with Gasteiger partial charge in [0.25, 0.3) is 0 Å². The molecule has 4 nitrogen and oxygen atoms in total. The average molecular weight is 351 g/mol. The molecule has 4 heteroatoms.